The summed E-state index contributed by atoms with van der Waals surface area (Å²) in [5.74, 6) is -3.52. The third-order valence-corrected chi connectivity index (χ3v) is 2.43. The van der Waals surface area contributed by atoms with Crippen LogP contribution in [0, 0.1) is 11.6 Å². The van der Waals surface area contributed by atoms with Crippen LogP contribution < -0.4 is 4.74 Å². The molecule has 0 aliphatic heterocycles. The van der Waals surface area contributed by atoms with Crippen LogP contribution in [0.25, 0.3) is 0 Å². The second-order valence-electron chi connectivity index (χ2n) is 2.18. The van der Waals surface area contributed by atoms with Gasteiger partial charge in [0.1, 0.15) is 0 Å². The molecule has 0 radical (unpaired) electrons. The molecule has 0 spiro atoms. The van der Waals surface area contributed by atoms with Gasteiger partial charge < -0.3 is 4.74 Å². The van der Waals surface area contributed by atoms with Crippen LogP contribution in [0.1, 0.15) is 0 Å². The van der Waals surface area contributed by atoms with Crippen molar-refractivity contribution < 1.29 is 22.3 Å². The summed E-state index contributed by atoms with van der Waals surface area (Å²) < 4.78 is 53.0. The molecule has 0 saturated carbocycles. The summed E-state index contributed by atoms with van der Waals surface area (Å²) in [6.07, 6.45) is 0. The summed E-state index contributed by atoms with van der Waals surface area (Å²) in [6, 6.07) is 1.06. The Labute approximate surface area is 93.3 Å². The maximum Gasteiger partial charge on any atom is 0.387 e. The van der Waals surface area contributed by atoms with Gasteiger partial charge in [0, 0.05) is 0 Å². The molecule has 0 aromatic heterocycles. The van der Waals surface area contributed by atoms with E-state index in [1.54, 1.807) is 0 Å². The van der Waals surface area contributed by atoms with Gasteiger partial charge >= 0.3 is 6.61 Å². The minimum absolute atomic E-state index is 0.165. The molecule has 14 heavy (non-hydrogen) atoms. The van der Waals surface area contributed by atoms with Gasteiger partial charge in [0.25, 0.3) is 0 Å². The standard InChI is InChI=1S/C7H2Br2F4O/c8-2-1-3(9)5(11)6(4(2)10)14-7(12)13/h1,7H. The molecule has 0 aliphatic carbocycles. The Hall–Kier alpha value is -0.300. The molecule has 78 valence electrons. The highest BCUT2D eigenvalue weighted by Crippen LogP contribution is 2.34. The highest BCUT2D eigenvalue weighted by molar-refractivity contribution is 9.11. The molecule has 1 nitrogen and oxygen atoms in total. The van der Waals surface area contributed by atoms with E-state index in [1.165, 1.54) is 0 Å². The number of hydrogen-bond donors (Lipinski definition) is 0. The summed E-state index contributed by atoms with van der Waals surface area (Å²) in [5, 5.41) is 0. The molecule has 0 bridgehead atoms. The van der Waals surface area contributed by atoms with E-state index in [-0.39, 0.29) is 8.95 Å². The van der Waals surface area contributed by atoms with Gasteiger partial charge in [0.2, 0.25) is 0 Å². The number of halogens is 6. The Morgan fingerprint density at radius 1 is 1.07 bits per heavy atom. The van der Waals surface area contributed by atoms with Crippen LogP contribution in [-0.2, 0) is 0 Å². The van der Waals surface area contributed by atoms with Gasteiger partial charge in [-0.3, -0.25) is 0 Å². The number of hydrogen-bond acceptors (Lipinski definition) is 1. The van der Waals surface area contributed by atoms with Crippen molar-refractivity contribution >= 4 is 31.9 Å². The predicted molar refractivity (Wildman–Crippen MR) is 48.4 cm³/mol. The number of ether oxygens (including phenoxy) is 1. The topological polar surface area (TPSA) is 9.23 Å². The van der Waals surface area contributed by atoms with Gasteiger partial charge in [0.05, 0.1) is 8.95 Å². The molecule has 0 amide bonds. The zero-order valence-electron chi connectivity index (χ0n) is 6.33. The normalized spacial score (nSPS) is 10.8. The van der Waals surface area contributed by atoms with E-state index in [0.29, 0.717) is 0 Å². The van der Waals surface area contributed by atoms with Gasteiger partial charge in [-0.15, -0.1) is 0 Å². The molecule has 0 aliphatic rings. The maximum atomic E-state index is 13.0. The van der Waals surface area contributed by atoms with Crippen LogP contribution >= 0.6 is 31.9 Å². The van der Waals surface area contributed by atoms with Crippen molar-refractivity contribution in [3.05, 3.63) is 26.6 Å². The van der Waals surface area contributed by atoms with Gasteiger partial charge in [0.15, 0.2) is 17.4 Å². The van der Waals surface area contributed by atoms with E-state index in [9.17, 15) is 17.6 Å². The van der Waals surface area contributed by atoms with Gasteiger partial charge in [-0.2, -0.15) is 8.78 Å². The minimum atomic E-state index is -3.28. The first kappa shape index (κ1) is 11.8. The third kappa shape index (κ3) is 2.38. The van der Waals surface area contributed by atoms with Crippen molar-refractivity contribution in [3.63, 3.8) is 0 Å². The molecule has 7 heteroatoms. The van der Waals surface area contributed by atoms with Crippen molar-refractivity contribution in [3.8, 4) is 5.75 Å². The number of rotatable bonds is 2. The lowest BCUT2D eigenvalue weighted by Gasteiger charge is -2.08. The SMILES string of the molecule is Fc1c(Br)cc(Br)c(F)c1OC(F)F. The Balaban J connectivity index is 3.25. The molecule has 0 fully saturated rings. The van der Waals surface area contributed by atoms with Crippen molar-refractivity contribution in [1.29, 1.82) is 0 Å². The molecule has 0 saturated heterocycles. The minimum Gasteiger partial charge on any atom is -0.428 e. The largest absolute Gasteiger partial charge is 0.428 e. The highest BCUT2D eigenvalue weighted by atomic mass is 79.9. The van der Waals surface area contributed by atoms with Crippen LogP contribution in [-0.4, -0.2) is 6.61 Å². The van der Waals surface area contributed by atoms with Crippen LogP contribution in [0.4, 0.5) is 17.6 Å². The smallest absolute Gasteiger partial charge is 0.387 e. The molecule has 1 aromatic carbocycles. The van der Waals surface area contributed by atoms with E-state index in [2.05, 4.69) is 36.6 Å². The Kier molecular flexibility index (Phi) is 3.77. The fourth-order valence-corrected chi connectivity index (χ4v) is 1.87. The van der Waals surface area contributed by atoms with Crippen molar-refractivity contribution in [2.75, 3.05) is 0 Å². The van der Waals surface area contributed by atoms with E-state index in [1.807, 2.05) is 0 Å². The maximum absolute atomic E-state index is 13.0. The van der Waals surface area contributed by atoms with E-state index < -0.39 is 24.0 Å². The lowest BCUT2D eigenvalue weighted by Crippen LogP contribution is -2.06. The third-order valence-electron chi connectivity index (χ3n) is 1.28. The highest BCUT2D eigenvalue weighted by Gasteiger charge is 2.20. The second kappa shape index (κ2) is 4.48. The Morgan fingerprint density at radius 2 is 1.50 bits per heavy atom. The first-order chi connectivity index (χ1) is 6.43. The summed E-state index contributed by atoms with van der Waals surface area (Å²) in [4.78, 5) is 0. The molecule has 0 atom stereocenters. The van der Waals surface area contributed by atoms with Gasteiger partial charge in [-0.05, 0) is 37.9 Å². The monoisotopic (exact) mass is 336 g/mol. The van der Waals surface area contributed by atoms with Gasteiger partial charge in [-0.1, -0.05) is 0 Å². The average Bonchev–Trinajstić information content (AvgIpc) is 2.09. The molecule has 0 heterocycles. The second-order valence-corrected chi connectivity index (χ2v) is 3.88. The van der Waals surface area contributed by atoms with Crippen LogP contribution in [0.2, 0.25) is 0 Å². The quantitative estimate of drug-likeness (QED) is 0.583. The zero-order chi connectivity index (χ0) is 10.9. The van der Waals surface area contributed by atoms with E-state index >= 15 is 0 Å². The van der Waals surface area contributed by atoms with Crippen LogP contribution in [0.3, 0.4) is 0 Å². The van der Waals surface area contributed by atoms with E-state index in [4.69, 9.17) is 0 Å². The Bertz CT molecular complexity index is 330. The van der Waals surface area contributed by atoms with Crippen molar-refractivity contribution in [1.82, 2.24) is 0 Å². The fourth-order valence-electron chi connectivity index (χ4n) is 0.744. The molecular formula is C7H2Br2F4O. The Morgan fingerprint density at radius 3 is 1.86 bits per heavy atom. The van der Waals surface area contributed by atoms with Gasteiger partial charge in [-0.25, -0.2) is 8.78 Å². The fraction of sp³-hybridized carbons (Fsp3) is 0.143. The summed E-state index contributed by atoms with van der Waals surface area (Å²) >= 11 is 5.45. The number of benzene rings is 1. The lowest BCUT2D eigenvalue weighted by molar-refractivity contribution is -0.0548. The summed E-state index contributed by atoms with van der Waals surface area (Å²) in [5.41, 5.74) is 0. The average molecular weight is 338 g/mol. The van der Waals surface area contributed by atoms with Crippen molar-refractivity contribution in [2.24, 2.45) is 0 Å². The van der Waals surface area contributed by atoms with Crippen LogP contribution in [0.15, 0.2) is 15.0 Å². The molecule has 0 unspecified atom stereocenters. The first-order valence-corrected chi connectivity index (χ1v) is 4.80. The molecule has 1 rings (SSSR count). The lowest BCUT2D eigenvalue weighted by atomic mass is 10.3. The zero-order valence-corrected chi connectivity index (χ0v) is 9.50. The molecule has 1 aromatic rings. The van der Waals surface area contributed by atoms with Crippen molar-refractivity contribution in [2.45, 2.75) is 6.61 Å². The summed E-state index contributed by atoms with van der Waals surface area (Å²) in [7, 11) is 0. The van der Waals surface area contributed by atoms with E-state index in [0.717, 1.165) is 6.07 Å². The predicted octanol–water partition coefficient (Wildman–Crippen LogP) is 4.09. The molecule has 0 N–H and O–H groups in total. The summed E-state index contributed by atoms with van der Waals surface area (Å²) in [6.45, 7) is -3.28. The molecular weight excluding hydrogens is 336 g/mol. The van der Waals surface area contributed by atoms with Crippen LogP contribution in [0.5, 0.6) is 5.75 Å². The first-order valence-electron chi connectivity index (χ1n) is 3.21. The number of alkyl halides is 2.